The van der Waals surface area contributed by atoms with Crippen LogP contribution in [0.1, 0.15) is 40.0 Å². The van der Waals surface area contributed by atoms with Crippen molar-refractivity contribution in [3.63, 3.8) is 0 Å². The lowest BCUT2D eigenvalue weighted by Gasteiger charge is -2.37. The molecule has 0 amide bonds. The van der Waals surface area contributed by atoms with E-state index in [2.05, 4.69) is 32.0 Å². The molecule has 0 aromatic carbocycles. The molecule has 1 saturated carbocycles. The van der Waals surface area contributed by atoms with Crippen molar-refractivity contribution in [3.8, 4) is 12.3 Å². The average Bonchev–Trinajstić information content (AvgIpc) is 2.14. The molecule has 3 atom stereocenters. The van der Waals surface area contributed by atoms with E-state index in [-0.39, 0.29) is 0 Å². The monoisotopic (exact) mass is 193 g/mol. The first-order valence-corrected chi connectivity index (χ1v) is 5.82. The number of hydrogen-bond acceptors (Lipinski definition) is 1. The predicted molar refractivity (Wildman–Crippen MR) is 62.0 cm³/mol. The van der Waals surface area contributed by atoms with E-state index in [4.69, 9.17) is 6.42 Å². The molecule has 1 aliphatic rings. The highest BCUT2D eigenvalue weighted by molar-refractivity contribution is 4.92. The number of hydrogen-bond donors (Lipinski definition) is 1. The molecule has 1 heteroatoms. The summed E-state index contributed by atoms with van der Waals surface area (Å²) in [5.41, 5.74) is 0. The molecular weight excluding hydrogens is 170 g/mol. The van der Waals surface area contributed by atoms with Gasteiger partial charge in [0.25, 0.3) is 0 Å². The van der Waals surface area contributed by atoms with Crippen molar-refractivity contribution in [2.45, 2.75) is 46.1 Å². The highest BCUT2D eigenvalue weighted by Gasteiger charge is 2.29. The Morgan fingerprint density at radius 1 is 1.43 bits per heavy atom. The van der Waals surface area contributed by atoms with Gasteiger partial charge in [-0.2, -0.15) is 0 Å². The summed E-state index contributed by atoms with van der Waals surface area (Å²) in [6.45, 7) is 7.72. The quantitative estimate of drug-likeness (QED) is 0.680. The topological polar surface area (TPSA) is 12.0 Å². The van der Waals surface area contributed by atoms with Crippen molar-refractivity contribution >= 4 is 0 Å². The second kappa shape index (κ2) is 5.41. The molecule has 1 nitrogen and oxygen atoms in total. The zero-order valence-electron chi connectivity index (χ0n) is 9.72. The van der Waals surface area contributed by atoms with E-state index < -0.39 is 0 Å². The molecule has 1 unspecified atom stereocenters. The van der Waals surface area contributed by atoms with E-state index in [1.807, 2.05) is 0 Å². The van der Waals surface area contributed by atoms with Crippen molar-refractivity contribution in [2.75, 3.05) is 6.54 Å². The van der Waals surface area contributed by atoms with Crippen LogP contribution in [0, 0.1) is 30.1 Å². The third-order valence-electron chi connectivity index (χ3n) is 3.49. The van der Waals surface area contributed by atoms with Crippen molar-refractivity contribution in [1.82, 2.24) is 5.32 Å². The van der Waals surface area contributed by atoms with Gasteiger partial charge in [0.2, 0.25) is 0 Å². The zero-order valence-corrected chi connectivity index (χ0v) is 9.72. The Bertz CT molecular complexity index is 202. The fourth-order valence-corrected chi connectivity index (χ4v) is 2.63. The van der Waals surface area contributed by atoms with E-state index in [0.29, 0.717) is 6.04 Å². The van der Waals surface area contributed by atoms with Crippen LogP contribution in [0.5, 0.6) is 0 Å². The van der Waals surface area contributed by atoms with Gasteiger partial charge in [-0.25, -0.2) is 0 Å². The molecule has 0 radical (unpaired) electrons. The zero-order chi connectivity index (χ0) is 10.6. The van der Waals surface area contributed by atoms with Crippen LogP contribution in [0.25, 0.3) is 0 Å². The number of nitrogens with one attached hydrogen (secondary N) is 1. The highest BCUT2D eigenvalue weighted by atomic mass is 14.9. The molecule has 0 aliphatic heterocycles. The predicted octanol–water partition coefficient (Wildman–Crippen LogP) is 2.67. The number of rotatable bonds is 3. The molecule has 0 heterocycles. The molecule has 1 rings (SSSR count). The maximum Gasteiger partial charge on any atom is 0.0576 e. The summed E-state index contributed by atoms with van der Waals surface area (Å²) in [5, 5.41) is 3.50. The van der Waals surface area contributed by atoms with E-state index in [9.17, 15) is 0 Å². The van der Waals surface area contributed by atoms with E-state index in [1.54, 1.807) is 0 Å². The summed E-state index contributed by atoms with van der Waals surface area (Å²) in [4.78, 5) is 0. The molecule has 0 saturated heterocycles. The lowest BCUT2D eigenvalue weighted by molar-refractivity contribution is 0.174. The largest absolute Gasteiger partial charge is 0.303 e. The first kappa shape index (κ1) is 11.6. The van der Waals surface area contributed by atoms with Crippen LogP contribution >= 0.6 is 0 Å². The summed E-state index contributed by atoms with van der Waals surface area (Å²) in [6, 6.07) is 0.648. The SMILES string of the molecule is C#CCNC1C[C@H](C)CC[C@@H]1C(C)C. The van der Waals surface area contributed by atoms with Gasteiger partial charge >= 0.3 is 0 Å². The van der Waals surface area contributed by atoms with E-state index >= 15 is 0 Å². The third kappa shape index (κ3) is 3.03. The van der Waals surface area contributed by atoms with Gasteiger partial charge in [-0.1, -0.05) is 33.1 Å². The van der Waals surface area contributed by atoms with Crippen LogP contribution in [0.15, 0.2) is 0 Å². The van der Waals surface area contributed by atoms with Crippen LogP contribution < -0.4 is 5.32 Å². The standard InChI is InChI=1S/C13H23N/c1-5-8-14-13-9-11(4)6-7-12(13)10(2)3/h1,10-14H,6-9H2,2-4H3/t11-,12-,13?/m1/s1. The van der Waals surface area contributed by atoms with E-state index in [1.165, 1.54) is 19.3 Å². The van der Waals surface area contributed by atoms with Crippen LogP contribution in [-0.2, 0) is 0 Å². The molecule has 80 valence electrons. The van der Waals surface area contributed by atoms with Crippen molar-refractivity contribution in [2.24, 2.45) is 17.8 Å². The maximum absolute atomic E-state index is 5.29. The molecule has 0 aromatic rings. The Morgan fingerprint density at radius 2 is 2.14 bits per heavy atom. The minimum Gasteiger partial charge on any atom is -0.303 e. The second-order valence-corrected chi connectivity index (χ2v) is 5.02. The second-order valence-electron chi connectivity index (χ2n) is 5.02. The highest BCUT2D eigenvalue weighted by Crippen LogP contribution is 2.33. The van der Waals surface area contributed by atoms with Gasteiger partial charge in [-0.3, -0.25) is 0 Å². The van der Waals surface area contributed by atoms with Crippen LogP contribution in [0.4, 0.5) is 0 Å². The normalized spacial score (nSPS) is 32.9. The van der Waals surface area contributed by atoms with Gasteiger partial charge in [0, 0.05) is 6.04 Å². The fourth-order valence-electron chi connectivity index (χ4n) is 2.63. The summed E-state index contributed by atoms with van der Waals surface area (Å²) in [5.74, 6) is 5.13. The molecular formula is C13H23N. The first-order chi connectivity index (χ1) is 6.65. The van der Waals surface area contributed by atoms with Gasteiger partial charge in [-0.05, 0) is 30.6 Å². The van der Waals surface area contributed by atoms with Gasteiger partial charge in [0.05, 0.1) is 6.54 Å². The molecule has 14 heavy (non-hydrogen) atoms. The minimum atomic E-state index is 0.648. The summed E-state index contributed by atoms with van der Waals surface area (Å²) in [7, 11) is 0. The Balaban J connectivity index is 2.50. The molecule has 0 bridgehead atoms. The van der Waals surface area contributed by atoms with Gasteiger partial charge in [0.15, 0.2) is 0 Å². The molecule has 1 aliphatic carbocycles. The van der Waals surface area contributed by atoms with Gasteiger partial charge in [0.1, 0.15) is 0 Å². The smallest absolute Gasteiger partial charge is 0.0576 e. The van der Waals surface area contributed by atoms with E-state index in [0.717, 1.165) is 24.3 Å². The van der Waals surface area contributed by atoms with Crippen molar-refractivity contribution in [3.05, 3.63) is 0 Å². The molecule has 0 aromatic heterocycles. The molecule has 1 fully saturated rings. The average molecular weight is 193 g/mol. The van der Waals surface area contributed by atoms with Gasteiger partial charge in [-0.15, -0.1) is 6.42 Å². The van der Waals surface area contributed by atoms with Crippen LogP contribution in [-0.4, -0.2) is 12.6 Å². The summed E-state index contributed by atoms with van der Waals surface area (Å²) >= 11 is 0. The van der Waals surface area contributed by atoms with Crippen LogP contribution in [0.2, 0.25) is 0 Å². The minimum absolute atomic E-state index is 0.648. The lowest BCUT2D eigenvalue weighted by Crippen LogP contribution is -2.42. The fraction of sp³-hybridized carbons (Fsp3) is 0.846. The molecule has 1 N–H and O–H groups in total. The summed E-state index contributed by atoms with van der Waals surface area (Å²) < 4.78 is 0. The molecule has 0 spiro atoms. The first-order valence-electron chi connectivity index (χ1n) is 5.82. The Kier molecular flexibility index (Phi) is 4.48. The number of terminal acetylenes is 1. The lowest BCUT2D eigenvalue weighted by atomic mass is 9.74. The van der Waals surface area contributed by atoms with Gasteiger partial charge < -0.3 is 5.32 Å². The maximum atomic E-state index is 5.29. The Labute approximate surface area is 88.7 Å². The Hall–Kier alpha value is -0.480. The van der Waals surface area contributed by atoms with Crippen molar-refractivity contribution < 1.29 is 0 Å². The van der Waals surface area contributed by atoms with Crippen molar-refractivity contribution in [1.29, 1.82) is 0 Å². The van der Waals surface area contributed by atoms with Crippen LogP contribution in [0.3, 0.4) is 0 Å². The Morgan fingerprint density at radius 3 is 2.71 bits per heavy atom. The third-order valence-corrected chi connectivity index (χ3v) is 3.49. The summed E-state index contributed by atoms with van der Waals surface area (Å²) in [6.07, 6.45) is 9.33.